The zero-order chi connectivity index (χ0) is 41.5. The average Bonchev–Trinajstić information content (AvgIpc) is 3.15. The van der Waals surface area contributed by atoms with Crippen molar-refractivity contribution in [3.8, 4) is 0 Å². The fourth-order valence-corrected chi connectivity index (χ4v) is 11.3. The second-order valence-electron chi connectivity index (χ2n) is 16.1. The molecule has 55 heavy (non-hydrogen) atoms. The van der Waals surface area contributed by atoms with Crippen molar-refractivity contribution >= 4 is 31.6 Å². The molecule has 0 bridgehead atoms. The van der Waals surface area contributed by atoms with Crippen LogP contribution in [0.1, 0.15) is 246 Å². The van der Waals surface area contributed by atoms with E-state index in [1.54, 1.807) is 0 Å². The summed E-state index contributed by atoms with van der Waals surface area (Å²) in [6.45, 7) is 8.53. The Morgan fingerprint density at radius 3 is 0.982 bits per heavy atom. The van der Waals surface area contributed by atoms with E-state index in [4.69, 9.17) is 5.11 Å². The lowest BCUT2D eigenvalue weighted by Crippen LogP contribution is -2.24. The molecule has 0 fully saturated rings. The number of ether oxygens (including phenoxy) is 1. The Morgan fingerprint density at radius 2 is 0.691 bits per heavy atom. The molecule has 1 N–H and O–H groups in total. The molecule has 0 aromatic rings. The van der Waals surface area contributed by atoms with Gasteiger partial charge in [0, 0.05) is 12.8 Å². The van der Waals surface area contributed by atoms with Gasteiger partial charge in [-0.05, 0) is 51.4 Å². The van der Waals surface area contributed by atoms with E-state index >= 15 is 0 Å². The molecule has 0 aliphatic rings. The summed E-state index contributed by atoms with van der Waals surface area (Å²) in [6.07, 6.45) is 34.1. The van der Waals surface area contributed by atoms with Crippen LogP contribution < -0.4 is 0 Å². The highest BCUT2D eigenvalue weighted by molar-refractivity contribution is 7.92. The second kappa shape index (κ2) is 39.7. The van der Waals surface area contributed by atoms with Crippen LogP contribution in [0.2, 0.25) is 0 Å². The first-order chi connectivity index (χ1) is 26.4. The number of carboxylic acids is 1. The van der Waals surface area contributed by atoms with Gasteiger partial charge >= 0.3 is 11.9 Å². The molecule has 0 aromatic carbocycles. The lowest BCUT2D eigenvalue weighted by molar-refractivity contribution is -0.141. The highest BCUT2D eigenvalue weighted by atomic mass is 32.2. The maximum absolute atomic E-state index is 12.7. The number of carbonyl (C=O) groups is 2. The Hall–Kier alpha value is -1.16. The zero-order valence-electron chi connectivity index (χ0n) is 36.7. The van der Waals surface area contributed by atoms with Crippen LogP contribution in [0.4, 0.5) is 0 Å². The molecular formula is C45H90O8S2. The summed E-state index contributed by atoms with van der Waals surface area (Å²) in [4.78, 5) is 21.6. The third kappa shape index (κ3) is 36.9. The van der Waals surface area contributed by atoms with E-state index in [0.29, 0.717) is 17.9 Å². The Balaban J connectivity index is 0. The molecule has 0 aliphatic heterocycles. The third-order valence-corrected chi connectivity index (χ3v) is 15.6. The van der Waals surface area contributed by atoms with E-state index in [0.717, 1.165) is 141 Å². The van der Waals surface area contributed by atoms with Gasteiger partial charge in [0.2, 0.25) is 0 Å². The second-order valence-corrected chi connectivity index (χ2v) is 20.9. The van der Waals surface area contributed by atoms with Crippen LogP contribution in [-0.2, 0) is 34.0 Å². The molecule has 0 amide bonds. The number of hydrogen-bond acceptors (Lipinski definition) is 7. The first-order valence-corrected chi connectivity index (χ1v) is 26.6. The number of unbranched alkanes of at least 4 members (excludes halogenated alkanes) is 22. The van der Waals surface area contributed by atoms with Crippen molar-refractivity contribution in [3.05, 3.63) is 0 Å². The number of carbonyl (C=O) groups excluding carboxylic acids is 1. The van der Waals surface area contributed by atoms with Gasteiger partial charge in [-0.3, -0.25) is 9.59 Å². The average molecular weight is 823 g/mol. The summed E-state index contributed by atoms with van der Waals surface area (Å²) < 4.78 is 55.4. The summed E-state index contributed by atoms with van der Waals surface area (Å²) in [7, 11) is -4.49. The fourth-order valence-electron chi connectivity index (χ4n) is 7.14. The first-order valence-electron chi connectivity index (χ1n) is 23.1. The SMILES string of the molecule is CCCCCCCCC(CCCCCCCCC(=O)OC)S(=O)(=O)CCCC.CCCCCCCCCC(CCCCCCCC(=O)O)S(=O)(=O)CCCC. The molecule has 2 atom stereocenters. The van der Waals surface area contributed by atoms with Gasteiger partial charge in [-0.15, -0.1) is 0 Å². The smallest absolute Gasteiger partial charge is 0.305 e. The van der Waals surface area contributed by atoms with Gasteiger partial charge in [-0.25, -0.2) is 16.8 Å². The number of carboxylic acid groups (broad SMARTS) is 1. The van der Waals surface area contributed by atoms with Gasteiger partial charge in [-0.1, -0.05) is 182 Å². The molecule has 2 unspecified atom stereocenters. The monoisotopic (exact) mass is 823 g/mol. The Bertz CT molecular complexity index is 1070. The van der Waals surface area contributed by atoms with Crippen LogP contribution in [-0.4, -0.2) is 63.0 Å². The molecule has 0 spiro atoms. The number of sulfone groups is 2. The normalized spacial score (nSPS) is 12.9. The van der Waals surface area contributed by atoms with E-state index in [-0.39, 0.29) is 22.9 Å². The van der Waals surface area contributed by atoms with Gasteiger partial charge < -0.3 is 9.84 Å². The standard InChI is InChI=1S/C23H46O4S.C22H44O4S/c1-4-6-8-9-12-15-18-22(28(25,26)21-7-5-2)19-16-13-10-11-14-17-20-23(24)27-3;1-3-5-7-8-9-11-14-17-21(27(25,26)20-6-4-2)18-15-12-10-13-16-19-22(23)24/h22H,4-21H2,1-3H3;21H,3-20H2,1-2H3,(H,23,24). The Kier molecular flexibility index (Phi) is 40.3. The van der Waals surface area contributed by atoms with E-state index < -0.39 is 25.6 Å². The van der Waals surface area contributed by atoms with Gasteiger partial charge in [0.25, 0.3) is 0 Å². The Morgan fingerprint density at radius 1 is 0.418 bits per heavy atom. The molecular weight excluding hydrogens is 733 g/mol. The molecule has 0 heterocycles. The maximum Gasteiger partial charge on any atom is 0.305 e. The maximum atomic E-state index is 12.7. The highest BCUT2D eigenvalue weighted by Crippen LogP contribution is 2.23. The van der Waals surface area contributed by atoms with Gasteiger partial charge in [0.1, 0.15) is 0 Å². The molecule has 0 saturated heterocycles. The summed E-state index contributed by atoms with van der Waals surface area (Å²) in [5.41, 5.74) is 0. The van der Waals surface area contributed by atoms with Crippen LogP contribution in [0.5, 0.6) is 0 Å². The van der Waals surface area contributed by atoms with E-state index in [1.807, 2.05) is 6.92 Å². The molecule has 0 rings (SSSR count). The zero-order valence-corrected chi connectivity index (χ0v) is 38.4. The van der Waals surface area contributed by atoms with Crippen LogP contribution in [0.3, 0.4) is 0 Å². The quantitative estimate of drug-likeness (QED) is 0.0477. The summed E-state index contributed by atoms with van der Waals surface area (Å²) in [5, 5.41) is 8.34. The number of rotatable bonds is 40. The lowest BCUT2D eigenvalue weighted by Gasteiger charge is -2.18. The topological polar surface area (TPSA) is 132 Å². The molecule has 330 valence electrons. The minimum atomic E-state index is -2.97. The predicted molar refractivity (Wildman–Crippen MR) is 234 cm³/mol. The van der Waals surface area contributed by atoms with Crippen molar-refractivity contribution < 1.29 is 36.3 Å². The molecule has 0 aromatic heterocycles. The van der Waals surface area contributed by atoms with Crippen molar-refractivity contribution in [3.63, 3.8) is 0 Å². The van der Waals surface area contributed by atoms with E-state index in [9.17, 15) is 26.4 Å². The molecule has 0 radical (unpaired) electrons. The highest BCUT2D eigenvalue weighted by Gasteiger charge is 2.25. The molecule has 0 saturated carbocycles. The summed E-state index contributed by atoms with van der Waals surface area (Å²) >= 11 is 0. The summed E-state index contributed by atoms with van der Waals surface area (Å²) in [6, 6.07) is 0. The van der Waals surface area contributed by atoms with E-state index in [1.165, 1.54) is 71.3 Å². The lowest BCUT2D eigenvalue weighted by atomic mass is 10.0. The van der Waals surface area contributed by atoms with Crippen molar-refractivity contribution in [2.24, 2.45) is 0 Å². The third-order valence-electron chi connectivity index (χ3n) is 10.9. The Labute approximate surface area is 341 Å². The van der Waals surface area contributed by atoms with Crippen molar-refractivity contribution in [1.82, 2.24) is 0 Å². The van der Waals surface area contributed by atoms with Gasteiger partial charge in [-0.2, -0.15) is 0 Å². The van der Waals surface area contributed by atoms with Gasteiger partial charge in [0.05, 0.1) is 29.1 Å². The minimum absolute atomic E-state index is 0.130. The van der Waals surface area contributed by atoms with Crippen LogP contribution in [0.25, 0.3) is 0 Å². The van der Waals surface area contributed by atoms with Crippen molar-refractivity contribution in [2.75, 3.05) is 18.6 Å². The number of aliphatic carboxylic acids is 1. The summed E-state index contributed by atoms with van der Waals surface area (Å²) in [5.74, 6) is -0.164. The molecule has 0 aliphatic carbocycles. The fraction of sp³-hybridized carbons (Fsp3) is 0.956. The number of methoxy groups -OCH3 is 1. The van der Waals surface area contributed by atoms with Crippen molar-refractivity contribution in [2.45, 2.75) is 257 Å². The van der Waals surface area contributed by atoms with Crippen LogP contribution >= 0.6 is 0 Å². The largest absolute Gasteiger partial charge is 0.481 e. The van der Waals surface area contributed by atoms with Crippen LogP contribution in [0.15, 0.2) is 0 Å². The minimum Gasteiger partial charge on any atom is -0.481 e. The van der Waals surface area contributed by atoms with Gasteiger partial charge in [0.15, 0.2) is 19.7 Å². The number of esters is 1. The number of hydrogen-bond donors (Lipinski definition) is 1. The molecule has 10 heteroatoms. The van der Waals surface area contributed by atoms with Crippen molar-refractivity contribution in [1.29, 1.82) is 0 Å². The van der Waals surface area contributed by atoms with E-state index in [2.05, 4.69) is 25.5 Å². The van der Waals surface area contributed by atoms with Crippen LogP contribution in [0, 0.1) is 0 Å². The predicted octanol–water partition coefficient (Wildman–Crippen LogP) is 13.1. The molecule has 8 nitrogen and oxygen atoms in total. The first kappa shape index (κ1) is 55.9.